The summed E-state index contributed by atoms with van der Waals surface area (Å²) >= 11 is 0. The summed E-state index contributed by atoms with van der Waals surface area (Å²) in [6, 6.07) is 12.2. The van der Waals surface area contributed by atoms with Crippen molar-refractivity contribution in [1.29, 1.82) is 0 Å². The predicted molar refractivity (Wildman–Crippen MR) is 201 cm³/mol. The van der Waals surface area contributed by atoms with Crippen LogP contribution in [0.4, 0.5) is 5.82 Å². The Balaban J connectivity index is 1.13. The van der Waals surface area contributed by atoms with Crippen LogP contribution in [0.15, 0.2) is 48.8 Å². The van der Waals surface area contributed by atoms with E-state index in [4.69, 9.17) is 24.3 Å². The van der Waals surface area contributed by atoms with E-state index in [9.17, 15) is 14.8 Å². The number of anilines is 1. The van der Waals surface area contributed by atoms with E-state index in [1.807, 2.05) is 6.07 Å². The van der Waals surface area contributed by atoms with Gasteiger partial charge < -0.3 is 29.9 Å². The molecule has 1 saturated heterocycles. The first kappa shape index (κ1) is 41.2. The van der Waals surface area contributed by atoms with Crippen molar-refractivity contribution in [2.75, 3.05) is 32.1 Å². The lowest BCUT2D eigenvalue weighted by atomic mass is 9.97. The fourth-order valence-electron chi connectivity index (χ4n) is 6.48. The van der Waals surface area contributed by atoms with Gasteiger partial charge in [0, 0.05) is 19.8 Å². The molecule has 1 unspecified atom stereocenters. The lowest BCUT2D eigenvalue weighted by Crippen LogP contribution is -2.44. The molecule has 0 aliphatic carbocycles. The van der Waals surface area contributed by atoms with E-state index < -0.39 is 31.7 Å². The molecule has 12 nitrogen and oxygen atoms in total. The van der Waals surface area contributed by atoms with Crippen molar-refractivity contribution >= 4 is 19.1 Å². The summed E-state index contributed by atoms with van der Waals surface area (Å²) in [6.07, 6.45) is 17.9. The number of aromatic nitrogens is 3. The van der Waals surface area contributed by atoms with Crippen LogP contribution in [-0.4, -0.2) is 69.0 Å². The van der Waals surface area contributed by atoms with E-state index >= 15 is 0 Å². The minimum absolute atomic E-state index is 0.275. The number of nitrogens with two attached hydrogens (primary N) is 1. The summed E-state index contributed by atoms with van der Waals surface area (Å²) in [5, 5.41) is 29.2. The monoisotopic (exact) mass is 731 g/mol. The van der Waals surface area contributed by atoms with Gasteiger partial charge in [0.1, 0.15) is 41.5 Å². The zero-order valence-corrected chi connectivity index (χ0v) is 31.7. The molecule has 3 heterocycles. The van der Waals surface area contributed by atoms with E-state index in [-0.39, 0.29) is 12.4 Å². The van der Waals surface area contributed by atoms with Crippen molar-refractivity contribution in [2.24, 2.45) is 0 Å². The van der Waals surface area contributed by atoms with Gasteiger partial charge in [-0.1, -0.05) is 109 Å². The molecule has 286 valence electrons. The van der Waals surface area contributed by atoms with Gasteiger partial charge in [-0.15, -0.1) is 0 Å². The van der Waals surface area contributed by atoms with Crippen molar-refractivity contribution in [3.63, 3.8) is 0 Å². The van der Waals surface area contributed by atoms with E-state index in [0.717, 1.165) is 19.4 Å². The number of nitrogen functional groups attached to an aromatic ring is 1. The molecule has 5 atom stereocenters. The maximum absolute atomic E-state index is 14.0. The molecule has 0 saturated carbocycles. The Morgan fingerprint density at radius 2 is 1.49 bits per heavy atom. The van der Waals surface area contributed by atoms with Crippen molar-refractivity contribution in [1.82, 2.24) is 19.7 Å². The van der Waals surface area contributed by atoms with Crippen LogP contribution in [0.5, 0.6) is 5.75 Å². The first-order chi connectivity index (χ1) is 24.8. The molecule has 0 radical (unpaired) electrons. The number of nitrogens with one attached hydrogen (secondary N) is 1. The number of hydrogen-bond acceptors (Lipinski definition) is 10. The normalized spacial score (nSPS) is 21.7. The van der Waals surface area contributed by atoms with Gasteiger partial charge in [-0.25, -0.2) is 19.2 Å². The number of aliphatic hydroxyl groups is 2. The zero-order chi connectivity index (χ0) is 36.4. The fraction of sp³-hybridized carbons (Fsp3) is 0.684. The molecule has 4 rings (SSSR count). The van der Waals surface area contributed by atoms with Crippen LogP contribution in [0.25, 0.3) is 5.52 Å². The van der Waals surface area contributed by atoms with Crippen molar-refractivity contribution < 1.29 is 33.3 Å². The second kappa shape index (κ2) is 21.8. The number of fused-ring (bicyclic) bond motifs is 1. The SMILES string of the molecule is CCCCCCCCCCCCCCCCOCCCCNP(=O)(OC[C@@]1(C)O[C@@H](c2ccc3c(N)ncnn23)[C@H](O)[C@@H]1O)Oc1ccccc1. The van der Waals surface area contributed by atoms with Gasteiger partial charge in [-0.3, -0.25) is 4.52 Å². The smallest absolute Gasteiger partial charge is 0.413 e. The number of ether oxygens (including phenoxy) is 2. The van der Waals surface area contributed by atoms with Crippen LogP contribution >= 0.6 is 7.75 Å². The third-order valence-corrected chi connectivity index (χ3v) is 11.1. The summed E-state index contributed by atoms with van der Waals surface area (Å²) < 4.78 is 39.3. The van der Waals surface area contributed by atoms with E-state index in [2.05, 4.69) is 22.1 Å². The average Bonchev–Trinajstić information content (AvgIpc) is 3.66. The summed E-state index contributed by atoms with van der Waals surface area (Å²) in [5.41, 5.74) is 5.59. The Morgan fingerprint density at radius 3 is 2.14 bits per heavy atom. The van der Waals surface area contributed by atoms with Gasteiger partial charge in [-0.2, -0.15) is 5.10 Å². The largest absolute Gasteiger partial charge is 0.458 e. The molecule has 1 aliphatic heterocycles. The topological polar surface area (TPSA) is 163 Å². The molecule has 1 fully saturated rings. The van der Waals surface area contributed by atoms with E-state index in [0.29, 0.717) is 36.5 Å². The highest BCUT2D eigenvalue weighted by Gasteiger charge is 2.53. The van der Waals surface area contributed by atoms with Crippen LogP contribution in [0.3, 0.4) is 0 Å². The van der Waals surface area contributed by atoms with Gasteiger partial charge >= 0.3 is 7.75 Å². The average molecular weight is 732 g/mol. The second-order valence-electron chi connectivity index (χ2n) is 14.0. The van der Waals surface area contributed by atoms with Crippen molar-refractivity contribution in [3.05, 3.63) is 54.5 Å². The highest BCUT2D eigenvalue weighted by atomic mass is 31.2. The first-order valence-electron chi connectivity index (χ1n) is 19.2. The molecule has 1 aromatic carbocycles. The summed E-state index contributed by atoms with van der Waals surface area (Å²) in [4.78, 5) is 3.99. The number of rotatable bonds is 27. The van der Waals surface area contributed by atoms with Gasteiger partial charge in [0.25, 0.3) is 0 Å². The Bertz CT molecular complexity index is 1450. The number of unbranched alkanes of at least 4 members (excludes halogenated alkanes) is 14. The zero-order valence-electron chi connectivity index (χ0n) is 30.8. The van der Waals surface area contributed by atoms with Gasteiger partial charge in [-0.05, 0) is 50.5 Å². The Morgan fingerprint density at radius 1 is 0.882 bits per heavy atom. The van der Waals surface area contributed by atoms with Crippen LogP contribution in [0.2, 0.25) is 0 Å². The number of aliphatic hydroxyl groups excluding tert-OH is 2. The standard InChI is InChI=1S/C38H62N5O7P/c1-3-4-5-6-7-8-9-10-11-12-13-14-15-20-27-47-28-21-19-26-42-51(46,50-31-22-17-16-18-23-31)48-29-38(2)36(45)34(44)35(49-38)32-24-25-33-37(39)40-30-41-43(32)33/h16-18,22-25,30,34-36,44-45H,3-15,19-21,26-29H2,1-2H3,(H,42,46)(H2,39,40,41)/t34-,35-,36-,38+,51?/m0/s1. The third-order valence-electron chi connectivity index (χ3n) is 9.61. The third kappa shape index (κ3) is 13.1. The van der Waals surface area contributed by atoms with Crippen LogP contribution in [-0.2, 0) is 18.6 Å². The Labute approximate surface area is 304 Å². The molecule has 13 heteroatoms. The Kier molecular flexibility index (Phi) is 17.6. The lowest BCUT2D eigenvalue weighted by Gasteiger charge is -2.29. The molecule has 0 spiro atoms. The van der Waals surface area contributed by atoms with Gasteiger partial charge in [0.2, 0.25) is 0 Å². The molecule has 51 heavy (non-hydrogen) atoms. The van der Waals surface area contributed by atoms with Crippen LogP contribution in [0.1, 0.15) is 128 Å². The lowest BCUT2D eigenvalue weighted by molar-refractivity contribution is -0.0963. The molecule has 3 aromatic rings. The quantitative estimate of drug-likeness (QED) is 0.0445. The number of nitrogens with zero attached hydrogens (tertiary/aromatic N) is 3. The van der Waals surface area contributed by atoms with Crippen molar-refractivity contribution in [3.8, 4) is 5.75 Å². The highest BCUT2D eigenvalue weighted by molar-refractivity contribution is 7.52. The van der Waals surface area contributed by atoms with E-state index in [1.165, 1.54) is 94.3 Å². The number of hydrogen-bond donors (Lipinski definition) is 4. The molecular weight excluding hydrogens is 669 g/mol. The molecular formula is C38H62N5O7P. The predicted octanol–water partition coefficient (Wildman–Crippen LogP) is 7.93. The summed E-state index contributed by atoms with van der Waals surface area (Å²) in [5.74, 6) is 0.648. The minimum Gasteiger partial charge on any atom is -0.413 e. The van der Waals surface area contributed by atoms with Gasteiger partial charge in [0.05, 0.1) is 12.3 Å². The molecule has 2 aromatic heterocycles. The Hall–Kier alpha value is -2.57. The van der Waals surface area contributed by atoms with Crippen LogP contribution in [0, 0.1) is 0 Å². The summed E-state index contributed by atoms with van der Waals surface area (Å²) in [7, 11) is -3.91. The van der Waals surface area contributed by atoms with Crippen molar-refractivity contribution in [2.45, 2.75) is 140 Å². The minimum atomic E-state index is -3.91. The summed E-state index contributed by atoms with van der Waals surface area (Å²) in [6.45, 7) is 5.31. The number of benzene rings is 1. The maximum atomic E-state index is 14.0. The van der Waals surface area contributed by atoms with E-state index in [1.54, 1.807) is 43.3 Å². The second-order valence-corrected chi connectivity index (χ2v) is 15.7. The highest BCUT2D eigenvalue weighted by Crippen LogP contribution is 2.48. The molecule has 0 bridgehead atoms. The van der Waals surface area contributed by atoms with Crippen LogP contribution < -0.4 is 15.3 Å². The molecule has 1 aliphatic rings. The first-order valence-corrected chi connectivity index (χ1v) is 20.7. The van der Waals surface area contributed by atoms with Gasteiger partial charge in [0.15, 0.2) is 5.82 Å². The fourth-order valence-corrected chi connectivity index (χ4v) is 7.95. The number of para-hydroxylation sites is 1. The molecule has 0 amide bonds. The maximum Gasteiger partial charge on any atom is 0.458 e. The molecule has 5 N–H and O–H groups in total.